The summed E-state index contributed by atoms with van der Waals surface area (Å²) < 4.78 is 3.26. The maximum Gasteiger partial charge on any atom is 0.275 e. The number of rotatable bonds is 6. The van der Waals surface area contributed by atoms with Crippen LogP contribution >= 0.6 is 0 Å². The van der Waals surface area contributed by atoms with Crippen molar-refractivity contribution in [2.24, 2.45) is 7.05 Å². The van der Waals surface area contributed by atoms with Gasteiger partial charge < -0.3 is 10.4 Å². The Kier molecular flexibility index (Phi) is 4.83. The Balaban J connectivity index is 1.70. The summed E-state index contributed by atoms with van der Waals surface area (Å²) in [4.78, 5) is 12.3. The Bertz CT molecular complexity index is 881. The summed E-state index contributed by atoms with van der Waals surface area (Å²) in [6.45, 7) is 2.50. The van der Waals surface area contributed by atoms with Gasteiger partial charge in [-0.2, -0.15) is 10.2 Å². The van der Waals surface area contributed by atoms with E-state index < -0.39 is 5.91 Å². The Hall–Kier alpha value is -3.09. The van der Waals surface area contributed by atoms with Gasteiger partial charge in [0.25, 0.3) is 5.91 Å². The zero-order chi connectivity index (χ0) is 17.8. The number of aryl methyl sites for hydroxylation is 2. The predicted molar refractivity (Wildman–Crippen MR) is 93.9 cm³/mol. The molecule has 1 amide bonds. The van der Waals surface area contributed by atoms with E-state index in [1.165, 1.54) is 6.20 Å². The van der Waals surface area contributed by atoms with Crippen molar-refractivity contribution in [2.45, 2.75) is 19.8 Å². The molecule has 0 aliphatic heterocycles. The lowest BCUT2D eigenvalue weighted by molar-refractivity contribution is 0.0946. The smallest absolute Gasteiger partial charge is 0.275 e. The summed E-state index contributed by atoms with van der Waals surface area (Å²) in [5.74, 6) is -0.529. The maximum absolute atomic E-state index is 12.3. The van der Waals surface area contributed by atoms with Gasteiger partial charge in [-0.25, -0.2) is 4.68 Å². The fourth-order valence-corrected chi connectivity index (χ4v) is 2.69. The molecule has 0 unspecified atom stereocenters. The Morgan fingerprint density at radius 2 is 2.08 bits per heavy atom. The first-order valence-electron chi connectivity index (χ1n) is 8.21. The van der Waals surface area contributed by atoms with Crippen LogP contribution in [0, 0.1) is 0 Å². The van der Waals surface area contributed by atoms with Gasteiger partial charge in [-0.05, 0) is 30.0 Å². The van der Waals surface area contributed by atoms with Crippen molar-refractivity contribution in [3.63, 3.8) is 0 Å². The van der Waals surface area contributed by atoms with Gasteiger partial charge in [-0.3, -0.25) is 9.48 Å². The van der Waals surface area contributed by atoms with Crippen molar-refractivity contribution >= 4 is 5.91 Å². The highest BCUT2D eigenvalue weighted by Crippen LogP contribution is 2.20. The van der Waals surface area contributed by atoms with Crippen LogP contribution in [0.5, 0.6) is 5.75 Å². The third kappa shape index (κ3) is 3.71. The average molecular weight is 339 g/mol. The minimum atomic E-state index is -0.394. The van der Waals surface area contributed by atoms with Crippen LogP contribution in [0.15, 0.2) is 42.9 Å². The topological polar surface area (TPSA) is 85.0 Å². The molecule has 0 spiro atoms. The van der Waals surface area contributed by atoms with E-state index >= 15 is 0 Å². The highest BCUT2D eigenvalue weighted by atomic mass is 16.3. The number of aromatic nitrogens is 4. The second-order valence-corrected chi connectivity index (χ2v) is 5.82. The first-order valence-corrected chi connectivity index (χ1v) is 8.21. The second kappa shape index (κ2) is 7.21. The van der Waals surface area contributed by atoms with Crippen LogP contribution in [-0.2, 0) is 19.9 Å². The molecule has 3 aromatic rings. The normalized spacial score (nSPS) is 10.8. The molecule has 2 N–H and O–H groups in total. The number of carbonyl (C=O) groups is 1. The van der Waals surface area contributed by atoms with Crippen molar-refractivity contribution in [1.29, 1.82) is 0 Å². The SMILES string of the molecule is CCc1ccccc1-n1cc(O)c(C(=O)NCCc2cnn(C)c2)n1. The molecule has 3 rings (SSSR count). The zero-order valence-corrected chi connectivity index (χ0v) is 14.3. The monoisotopic (exact) mass is 339 g/mol. The number of nitrogens with zero attached hydrogens (tertiary/aromatic N) is 4. The minimum absolute atomic E-state index is 0.0251. The second-order valence-electron chi connectivity index (χ2n) is 5.82. The first kappa shape index (κ1) is 16.8. The lowest BCUT2D eigenvalue weighted by Gasteiger charge is -2.06. The Morgan fingerprint density at radius 1 is 1.28 bits per heavy atom. The van der Waals surface area contributed by atoms with Crippen molar-refractivity contribution in [3.05, 3.63) is 59.7 Å². The third-order valence-corrected chi connectivity index (χ3v) is 3.99. The number of aromatic hydroxyl groups is 1. The molecule has 0 saturated carbocycles. The van der Waals surface area contributed by atoms with Gasteiger partial charge in [-0.15, -0.1) is 0 Å². The lowest BCUT2D eigenvalue weighted by Crippen LogP contribution is -2.26. The van der Waals surface area contributed by atoms with E-state index in [1.54, 1.807) is 15.6 Å². The molecule has 0 atom stereocenters. The molecule has 0 aliphatic carbocycles. The maximum atomic E-state index is 12.3. The van der Waals surface area contributed by atoms with Crippen molar-refractivity contribution in [3.8, 4) is 11.4 Å². The number of amides is 1. The third-order valence-electron chi connectivity index (χ3n) is 3.99. The molecule has 0 bridgehead atoms. The minimum Gasteiger partial charge on any atom is -0.504 e. The molecular formula is C18H21N5O2. The summed E-state index contributed by atoms with van der Waals surface area (Å²) in [5.41, 5.74) is 3.01. The molecule has 2 aromatic heterocycles. The van der Waals surface area contributed by atoms with Crippen LogP contribution in [-0.4, -0.2) is 37.1 Å². The van der Waals surface area contributed by atoms with E-state index in [9.17, 15) is 9.90 Å². The quantitative estimate of drug-likeness (QED) is 0.718. The number of nitrogens with one attached hydrogen (secondary N) is 1. The number of benzene rings is 1. The average Bonchev–Trinajstić information content (AvgIpc) is 3.20. The number of hydrogen-bond donors (Lipinski definition) is 2. The number of carbonyl (C=O) groups excluding carboxylic acids is 1. The van der Waals surface area contributed by atoms with Crippen LogP contribution in [0.2, 0.25) is 0 Å². The van der Waals surface area contributed by atoms with E-state index in [0.29, 0.717) is 13.0 Å². The molecule has 7 heteroatoms. The van der Waals surface area contributed by atoms with Crippen molar-refractivity contribution in [1.82, 2.24) is 24.9 Å². The highest BCUT2D eigenvalue weighted by Gasteiger charge is 2.17. The molecule has 130 valence electrons. The van der Waals surface area contributed by atoms with Crippen LogP contribution in [0.1, 0.15) is 28.5 Å². The highest BCUT2D eigenvalue weighted by molar-refractivity contribution is 5.94. The number of hydrogen-bond acceptors (Lipinski definition) is 4. The molecule has 0 fully saturated rings. The fourth-order valence-electron chi connectivity index (χ4n) is 2.69. The molecule has 0 aliphatic rings. The molecule has 2 heterocycles. The fraction of sp³-hybridized carbons (Fsp3) is 0.278. The van der Waals surface area contributed by atoms with Gasteiger partial charge in [0.2, 0.25) is 0 Å². The van der Waals surface area contributed by atoms with E-state index in [4.69, 9.17) is 0 Å². The van der Waals surface area contributed by atoms with Crippen molar-refractivity contribution in [2.75, 3.05) is 6.54 Å². The van der Waals surface area contributed by atoms with E-state index in [1.807, 2.05) is 44.4 Å². The Labute approximate surface area is 145 Å². The standard InChI is InChI=1S/C18H21N5O2/c1-3-14-6-4-5-7-15(14)23-12-16(24)17(21-23)18(25)19-9-8-13-10-20-22(2)11-13/h4-7,10-12,24H,3,8-9H2,1-2H3,(H,19,25). The summed E-state index contributed by atoms with van der Waals surface area (Å²) >= 11 is 0. The number of para-hydroxylation sites is 1. The summed E-state index contributed by atoms with van der Waals surface area (Å²) in [7, 11) is 1.85. The Morgan fingerprint density at radius 3 is 2.80 bits per heavy atom. The van der Waals surface area contributed by atoms with Gasteiger partial charge in [0.15, 0.2) is 11.4 Å². The van der Waals surface area contributed by atoms with Crippen LogP contribution < -0.4 is 5.32 Å². The van der Waals surface area contributed by atoms with Gasteiger partial charge in [0.05, 0.1) is 18.1 Å². The molecule has 25 heavy (non-hydrogen) atoms. The van der Waals surface area contributed by atoms with Gasteiger partial charge in [0.1, 0.15) is 0 Å². The molecule has 7 nitrogen and oxygen atoms in total. The van der Waals surface area contributed by atoms with E-state index in [-0.39, 0.29) is 11.4 Å². The summed E-state index contributed by atoms with van der Waals surface area (Å²) in [6, 6.07) is 7.77. The van der Waals surface area contributed by atoms with Crippen LogP contribution in [0.25, 0.3) is 5.69 Å². The van der Waals surface area contributed by atoms with Crippen LogP contribution in [0.4, 0.5) is 0 Å². The molecule has 0 saturated heterocycles. The van der Waals surface area contributed by atoms with Crippen molar-refractivity contribution < 1.29 is 9.90 Å². The van der Waals surface area contributed by atoms with Crippen LogP contribution in [0.3, 0.4) is 0 Å². The summed E-state index contributed by atoms with van der Waals surface area (Å²) in [6.07, 6.45) is 6.63. The molecule has 0 radical (unpaired) electrons. The van der Waals surface area contributed by atoms with Gasteiger partial charge in [0, 0.05) is 19.8 Å². The van der Waals surface area contributed by atoms with Gasteiger partial charge in [-0.1, -0.05) is 25.1 Å². The predicted octanol–water partition coefficient (Wildman–Crippen LogP) is 1.85. The summed E-state index contributed by atoms with van der Waals surface area (Å²) in [5, 5.41) is 21.2. The van der Waals surface area contributed by atoms with Gasteiger partial charge >= 0.3 is 0 Å². The molecular weight excluding hydrogens is 318 g/mol. The zero-order valence-electron chi connectivity index (χ0n) is 14.3. The largest absolute Gasteiger partial charge is 0.504 e. The first-order chi connectivity index (χ1) is 12.1. The lowest BCUT2D eigenvalue weighted by atomic mass is 10.1. The molecule has 1 aromatic carbocycles. The van der Waals surface area contributed by atoms with E-state index in [0.717, 1.165) is 23.2 Å². The van der Waals surface area contributed by atoms with E-state index in [2.05, 4.69) is 15.5 Å².